The van der Waals surface area contributed by atoms with Crippen molar-refractivity contribution in [2.75, 3.05) is 13.1 Å². The average Bonchev–Trinajstić information content (AvgIpc) is 3.11. The first-order valence-corrected chi connectivity index (χ1v) is 9.56. The molecule has 2 saturated heterocycles. The van der Waals surface area contributed by atoms with E-state index in [1.54, 1.807) is 0 Å². The maximum atomic E-state index is 11.6. The maximum absolute atomic E-state index is 11.6. The molecule has 0 bridgehead atoms. The van der Waals surface area contributed by atoms with Crippen LogP contribution in [-0.4, -0.2) is 39.5 Å². The fourth-order valence-corrected chi connectivity index (χ4v) is 4.21. The molecule has 134 valence electrons. The summed E-state index contributed by atoms with van der Waals surface area (Å²) in [4.78, 5) is 19.0. The number of imidazole rings is 1. The molecule has 5 nitrogen and oxygen atoms in total. The molecule has 0 spiro atoms. The highest BCUT2D eigenvalue weighted by Crippen LogP contribution is 2.27. The number of likely N-dealkylation sites (tertiary alicyclic amines) is 1. The Labute approximate surface area is 149 Å². The highest BCUT2D eigenvalue weighted by molar-refractivity contribution is 5.79. The molecule has 0 radical (unpaired) electrons. The number of nitrogens with one attached hydrogen (secondary N) is 1. The summed E-state index contributed by atoms with van der Waals surface area (Å²) in [5, 5.41) is 3.15. The fraction of sp³-hybridized carbons (Fsp3) is 0.600. The van der Waals surface area contributed by atoms with Crippen LogP contribution in [-0.2, 0) is 17.9 Å². The molecule has 0 aliphatic carbocycles. The van der Waals surface area contributed by atoms with Gasteiger partial charge in [-0.15, -0.1) is 0 Å². The largest absolute Gasteiger partial charge is 0.352 e. The van der Waals surface area contributed by atoms with Crippen LogP contribution in [0.3, 0.4) is 0 Å². The molecule has 1 aromatic heterocycles. The Bertz CT molecular complexity index is 766. The summed E-state index contributed by atoms with van der Waals surface area (Å²) in [6.07, 6.45) is 2.98. The van der Waals surface area contributed by atoms with Crippen LogP contribution in [0.2, 0.25) is 0 Å². The van der Waals surface area contributed by atoms with Gasteiger partial charge in [0.2, 0.25) is 5.91 Å². The lowest BCUT2D eigenvalue weighted by Gasteiger charge is -2.34. The van der Waals surface area contributed by atoms with Gasteiger partial charge < -0.3 is 9.88 Å². The van der Waals surface area contributed by atoms with E-state index in [1.165, 1.54) is 5.52 Å². The van der Waals surface area contributed by atoms with Crippen molar-refractivity contribution >= 4 is 16.9 Å². The molecule has 0 unspecified atom stereocenters. The van der Waals surface area contributed by atoms with E-state index < -0.39 is 0 Å². The van der Waals surface area contributed by atoms with Crippen molar-refractivity contribution in [1.82, 2.24) is 19.8 Å². The Morgan fingerprint density at radius 3 is 3.00 bits per heavy atom. The summed E-state index contributed by atoms with van der Waals surface area (Å²) in [5.74, 6) is 2.59. The Hall–Kier alpha value is -1.88. The Morgan fingerprint density at radius 2 is 2.16 bits per heavy atom. The molecule has 2 atom stereocenters. The van der Waals surface area contributed by atoms with E-state index in [0.29, 0.717) is 24.3 Å². The number of aryl methyl sites for hydroxylation is 1. The average molecular weight is 340 g/mol. The molecular formula is C20H28N4O. The number of benzene rings is 1. The topological polar surface area (TPSA) is 50.2 Å². The first-order chi connectivity index (χ1) is 12.1. The zero-order chi connectivity index (χ0) is 17.4. The normalized spacial score (nSPS) is 24.0. The van der Waals surface area contributed by atoms with Crippen LogP contribution in [0.15, 0.2) is 24.3 Å². The van der Waals surface area contributed by atoms with Crippen molar-refractivity contribution in [3.63, 3.8) is 0 Å². The van der Waals surface area contributed by atoms with E-state index in [9.17, 15) is 4.79 Å². The van der Waals surface area contributed by atoms with Gasteiger partial charge in [-0.05, 0) is 43.4 Å². The van der Waals surface area contributed by atoms with Crippen LogP contribution in [0.25, 0.3) is 11.0 Å². The number of rotatable bonds is 5. The van der Waals surface area contributed by atoms with Gasteiger partial charge in [-0.25, -0.2) is 4.98 Å². The number of hydrogen-bond donors (Lipinski definition) is 1. The van der Waals surface area contributed by atoms with Crippen molar-refractivity contribution < 1.29 is 4.79 Å². The van der Waals surface area contributed by atoms with Crippen molar-refractivity contribution in [1.29, 1.82) is 0 Å². The standard InChI is InChI=1S/C20H28N4O/c1-14(2)7-10-24-18-6-4-3-5-16(18)21-19(24)13-23-9-8-15-11-20(25)22-17(15)12-23/h3-6,14-15,17H,7-13H2,1-2H3,(H,22,25)/t15-,17-/m1/s1. The number of hydrogen-bond acceptors (Lipinski definition) is 3. The highest BCUT2D eigenvalue weighted by Gasteiger charge is 2.36. The smallest absolute Gasteiger partial charge is 0.220 e. The second kappa shape index (κ2) is 6.79. The molecule has 0 saturated carbocycles. The highest BCUT2D eigenvalue weighted by atomic mass is 16.2. The monoisotopic (exact) mass is 340 g/mol. The molecule has 2 fully saturated rings. The Kier molecular flexibility index (Phi) is 4.50. The van der Waals surface area contributed by atoms with Crippen LogP contribution in [0.1, 0.15) is 38.9 Å². The molecule has 1 aromatic carbocycles. The lowest BCUT2D eigenvalue weighted by Crippen LogP contribution is -2.46. The minimum Gasteiger partial charge on any atom is -0.352 e. The van der Waals surface area contributed by atoms with E-state index in [-0.39, 0.29) is 5.91 Å². The number of carbonyl (C=O) groups excluding carboxylic acids is 1. The van der Waals surface area contributed by atoms with Gasteiger partial charge in [0.15, 0.2) is 0 Å². The van der Waals surface area contributed by atoms with E-state index in [0.717, 1.165) is 50.4 Å². The number of fused-ring (bicyclic) bond motifs is 2. The van der Waals surface area contributed by atoms with Gasteiger partial charge >= 0.3 is 0 Å². The second-order valence-corrected chi connectivity index (χ2v) is 8.01. The van der Waals surface area contributed by atoms with Crippen molar-refractivity contribution in [3.8, 4) is 0 Å². The predicted octanol–water partition coefficient (Wildman–Crippen LogP) is 2.79. The molecular weight excluding hydrogens is 312 g/mol. The zero-order valence-corrected chi connectivity index (χ0v) is 15.2. The molecule has 2 aliphatic heterocycles. The predicted molar refractivity (Wildman–Crippen MR) is 99.1 cm³/mol. The van der Waals surface area contributed by atoms with Crippen molar-refractivity contribution in [2.24, 2.45) is 11.8 Å². The minimum absolute atomic E-state index is 0.223. The number of nitrogens with zero attached hydrogens (tertiary/aromatic N) is 3. The first-order valence-electron chi connectivity index (χ1n) is 9.56. The third-order valence-electron chi connectivity index (χ3n) is 5.66. The van der Waals surface area contributed by atoms with Crippen LogP contribution < -0.4 is 5.32 Å². The lowest BCUT2D eigenvalue weighted by molar-refractivity contribution is -0.119. The summed E-state index contributed by atoms with van der Waals surface area (Å²) in [7, 11) is 0. The number of para-hydroxylation sites is 2. The number of aromatic nitrogens is 2. The minimum atomic E-state index is 0.223. The molecule has 1 N–H and O–H groups in total. The van der Waals surface area contributed by atoms with Crippen LogP contribution in [0, 0.1) is 11.8 Å². The summed E-state index contributed by atoms with van der Waals surface area (Å²) < 4.78 is 2.40. The molecule has 3 heterocycles. The summed E-state index contributed by atoms with van der Waals surface area (Å²) in [5.41, 5.74) is 2.33. The molecule has 2 aromatic rings. The van der Waals surface area contributed by atoms with Crippen LogP contribution >= 0.6 is 0 Å². The van der Waals surface area contributed by atoms with Gasteiger partial charge in [-0.2, -0.15) is 0 Å². The molecule has 5 heteroatoms. The van der Waals surface area contributed by atoms with Crippen LogP contribution in [0.5, 0.6) is 0 Å². The van der Waals surface area contributed by atoms with E-state index in [4.69, 9.17) is 4.98 Å². The third-order valence-corrected chi connectivity index (χ3v) is 5.66. The second-order valence-electron chi connectivity index (χ2n) is 8.01. The SMILES string of the molecule is CC(C)CCn1c(CN2CC[C@@H]3CC(=O)N[C@@H]3C2)nc2ccccc21. The molecule has 25 heavy (non-hydrogen) atoms. The number of carbonyl (C=O) groups is 1. The molecule has 1 amide bonds. The first kappa shape index (κ1) is 16.6. The van der Waals surface area contributed by atoms with Gasteiger partial charge in [-0.3, -0.25) is 9.69 Å². The third kappa shape index (κ3) is 3.43. The Balaban J connectivity index is 1.54. The van der Waals surface area contributed by atoms with Gasteiger partial charge in [0, 0.05) is 25.6 Å². The summed E-state index contributed by atoms with van der Waals surface area (Å²) >= 11 is 0. The number of amides is 1. The summed E-state index contributed by atoms with van der Waals surface area (Å²) in [6.45, 7) is 8.43. The van der Waals surface area contributed by atoms with Gasteiger partial charge in [0.25, 0.3) is 0 Å². The van der Waals surface area contributed by atoms with Crippen molar-refractivity contribution in [3.05, 3.63) is 30.1 Å². The molecule has 2 aliphatic rings. The van der Waals surface area contributed by atoms with Crippen molar-refractivity contribution in [2.45, 2.75) is 52.2 Å². The van der Waals surface area contributed by atoms with E-state index in [1.807, 2.05) is 0 Å². The quantitative estimate of drug-likeness (QED) is 0.910. The van der Waals surface area contributed by atoms with E-state index >= 15 is 0 Å². The lowest BCUT2D eigenvalue weighted by atomic mass is 9.92. The zero-order valence-electron chi connectivity index (χ0n) is 15.2. The molecule has 4 rings (SSSR count). The van der Waals surface area contributed by atoms with E-state index in [2.05, 4.69) is 52.9 Å². The van der Waals surface area contributed by atoms with Crippen LogP contribution in [0.4, 0.5) is 0 Å². The van der Waals surface area contributed by atoms with Gasteiger partial charge in [-0.1, -0.05) is 26.0 Å². The Morgan fingerprint density at radius 1 is 1.32 bits per heavy atom. The number of piperidine rings is 1. The fourth-order valence-electron chi connectivity index (χ4n) is 4.21. The van der Waals surface area contributed by atoms with Gasteiger partial charge in [0.05, 0.1) is 17.6 Å². The van der Waals surface area contributed by atoms with Gasteiger partial charge in [0.1, 0.15) is 5.82 Å². The maximum Gasteiger partial charge on any atom is 0.220 e. The summed E-state index contributed by atoms with van der Waals surface area (Å²) in [6, 6.07) is 8.77.